The van der Waals surface area contributed by atoms with Crippen LogP contribution >= 0.6 is 0 Å². The SMILES string of the molecule is O=C(NCc1cccc(CO)c1)c1ccno1. The Morgan fingerprint density at radius 2 is 2.18 bits per heavy atom. The summed E-state index contributed by atoms with van der Waals surface area (Å²) in [6, 6.07) is 8.86. The highest BCUT2D eigenvalue weighted by Crippen LogP contribution is 2.05. The molecule has 1 aromatic heterocycles. The third-order valence-electron chi connectivity index (χ3n) is 2.29. The van der Waals surface area contributed by atoms with Gasteiger partial charge in [-0.2, -0.15) is 0 Å². The lowest BCUT2D eigenvalue weighted by Gasteiger charge is -2.04. The first-order chi connectivity index (χ1) is 8.29. The van der Waals surface area contributed by atoms with E-state index in [-0.39, 0.29) is 18.3 Å². The molecule has 0 aliphatic carbocycles. The van der Waals surface area contributed by atoms with Crippen molar-refractivity contribution in [1.29, 1.82) is 0 Å². The van der Waals surface area contributed by atoms with Crippen LogP contribution in [0.25, 0.3) is 0 Å². The van der Waals surface area contributed by atoms with Gasteiger partial charge in [-0.1, -0.05) is 29.4 Å². The van der Waals surface area contributed by atoms with Crippen LogP contribution in [0.2, 0.25) is 0 Å². The number of rotatable bonds is 4. The maximum absolute atomic E-state index is 11.5. The van der Waals surface area contributed by atoms with Crippen molar-refractivity contribution in [2.24, 2.45) is 0 Å². The first-order valence-corrected chi connectivity index (χ1v) is 5.17. The number of nitrogens with zero attached hydrogens (tertiary/aromatic N) is 1. The normalized spacial score (nSPS) is 10.2. The van der Waals surface area contributed by atoms with Gasteiger partial charge in [-0.05, 0) is 11.1 Å². The molecule has 1 amide bonds. The molecule has 88 valence electrons. The molecular weight excluding hydrogens is 220 g/mol. The minimum absolute atomic E-state index is 0.0100. The van der Waals surface area contributed by atoms with E-state index in [9.17, 15) is 4.79 Å². The topological polar surface area (TPSA) is 75.4 Å². The van der Waals surface area contributed by atoms with Gasteiger partial charge in [0.1, 0.15) is 0 Å². The van der Waals surface area contributed by atoms with E-state index in [1.807, 2.05) is 24.3 Å². The van der Waals surface area contributed by atoms with Gasteiger partial charge in [0.25, 0.3) is 5.91 Å². The van der Waals surface area contributed by atoms with E-state index in [0.29, 0.717) is 6.54 Å². The summed E-state index contributed by atoms with van der Waals surface area (Å²) < 4.78 is 4.73. The Labute approximate surface area is 98.1 Å². The monoisotopic (exact) mass is 232 g/mol. The van der Waals surface area contributed by atoms with E-state index in [1.165, 1.54) is 12.3 Å². The van der Waals surface area contributed by atoms with Gasteiger partial charge in [0, 0.05) is 12.6 Å². The highest BCUT2D eigenvalue weighted by Gasteiger charge is 2.08. The molecule has 0 bridgehead atoms. The first-order valence-electron chi connectivity index (χ1n) is 5.17. The number of benzene rings is 1. The van der Waals surface area contributed by atoms with Crippen LogP contribution in [0.1, 0.15) is 21.7 Å². The predicted octanol–water partition coefficient (Wildman–Crippen LogP) is 1.10. The van der Waals surface area contributed by atoms with Crippen molar-refractivity contribution in [1.82, 2.24) is 10.5 Å². The number of aliphatic hydroxyl groups is 1. The Balaban J connectivity index is 1.95. The molecule has 1 aromatic carbocycles. The van der Waals surface area contributed by atoms with Gasteiger partial charge in [-0.15, -0.1) is 0 Å². The van der Waals surface area contributed by atoms with Crippen LogP contribution in [0.5, 0.6) is 0 Å². The lowest BCUT2D eigenvalue weighted by atomic mass is 10.1. The smallest absolute Gasteiger partial charge is 0.290 e. The third-order valence-corrected chi connectivity index (χ3v) is 2.29. The number of hydrogen-bond donors (Lipinski definition) is 2. The number of aromatic nitrogens is 1. The second kappa shape index (κ2) is 5.27. The number of hydrogen-bond acceptors (Lipinski definition) is 4. The van der Waals surface area contributed by atoms with Crippen molar-refractivity contribution in [3.63, 3.8) is 0 Å². The molecule has 2 N–H and O–H groups in total. The molecule has 5 nitrogen and oxygen atoms in total. The zero-order valence-corrected chi connectivity index (χ0v) is 9.09. The van der Waals surface area contributed by atoms with E-state index < -0.39 is 0 Å². The van der Waals surface area contributed by atoms with Crippen LogP contribution in [-0.2, 0) is 13.2 Å². The zero-order valence-electron chi connectivity index (χ0n) is 9.09. The molecule has 0 unspecified atom stereocenters. The van der Waals surface area contributed by atoms with Gasteiger partial charge in [0.15, 0.2) is 0 Å². The first kappa shape index (κ1) is 11.3. The second-order valence-corrected chi connectivity index (χ2v) is 3.54. The van der Waals surface area contributed by atoms with E-state index in [0.717, 1.165) is 11.1 Å². The molecule has 0 spiro atoms. The Morgan fingerprint density at radius 1 is 1.35 bits per heavy atom. The summed E-state index contributed by atoms with van der Waals surface area (Å²) >= 11 is 0. The van der Waals surface area contributed by atoms with Crippen LogP contribution in [0.4, 0.5) is 0 Å². The standard InChI is InChI=1S/C12H12N2O3/c15-8-10-3-1-2-9(6-10)7-13-12(16)11-4-5-14-17-11/h1-6,15H,7-8H2,(H,13,16). The molecule has 0 saturated carbocycles. The minimum Gasteiger partial charge on any atom is -0.392 e. The molecule has 0 aliphatic rings. The van der Waals surface area contributed by atoms with Crippen molar-refractivity contribution in [3.05, 3.63) is 53.4 Å². The molecule has 0 aliphatic heterocycles. The average molecular weight is 232 g/mol. The highest BCUT2D eigenvalue weighted by molar-refractivity contribution is 5.91. The molecule has 5 heteroatoms. The van der Waals surface area contributed by atoms with Crippen LogP contribution in [-0.4, -0.2) is 16.2 Å². The van der Waals surface area contributed by atoms with E-state index >= 15 is 0 Å². The molecule has 2 aromatic rings. The van der Waals surface area contributed by atoms with E-state index in [4.69, 9.17) is 9.63 Å². The van der Waals surface area contributed by atoms with Gasteiger partial charge in [-0.3, -0.25) is 4.79 Å². The fourth-order valence-corrected chi connectivity index (χ4v) is 1.44. The van der Waals surface area contributed by atoms with Crippen molar-refractivity contribution in [2.45, 2.75) is 13.2 Å². The maximum Gasteiger partial charge on any atom is 0.290 e. The van der Waals surface area contributed by atoms with E-state index in [1.54, 1.807) is 0 Å². The molecule has 0 fully saturated rings. The second-order valence-electron chi connectivity index (χ2n) is 3.54. The summed E-state index contributed by atoms with van der Waals surface area (Å²) in [5.41, 5.74) is 1.74. The molecule has 17 heavy (non-hydrogen) atoms. The van der Waals surface area contributed by atoms with Crippen LogP contribution in [0, 0.1) is 0 Å². The number of carbonyl (C=O) groups is 1. The number of nitrogens with one attached hydrogen (secondary N) is 1. The van der Waals surface area contributed by atoms with Gasteiger partial charge >= 0.3 is 0 Å². The van der Waals surface area contributed by atoms with Crippen molar-refractivity contribution in [2.75, 3.05) is 0 Å². The third kappa shape index (κ3) is 2.92. The van der Waals surface area contributed by atoms with Gasteiger partial charge in [-0.25, -0.2) is 0 Å². The molecule has 0 atom stereocenters. The lowest BCUT2D eigenvalue weighted by molar-refractivity contribution is 0.0914. The molecule has 0 saturated heterocycles. The van der Waals surface area contributed by atoms with Crippen LogP contribution < -0.4 is 5.32 Å². The number of amides is 1. The van der Waals surface area contributed by atoms with Crippen molar-refractivity contribution < 1.29 is 14.4 Å². The summed E-state index contributed by atoms with van der Waals surface area (Å²) in [7, 11) is 0. The maximum atomic E-state index is 11.5. The summed E-state index contributed by atoms with van der Waals surface area (Å²) in [4.78, 5) is 11.5. The fraction of sp³-hybridized carbons (Fsp3) is 0.167. The minimum atomic E-state index is -0.308. The van der Waals surface area contributed by atoms with Crippen molar-refractivity contribution in [3.8, 4) is 0 Å². The van der Waals surface area contributed by atoms with Gasteiger partial charge in [0.05, 0.1) is 12.8 Å². The van der Waals surface area contributed by atoms with Crippen LogP contribution in [0.3, 0.4) is 0 Å². The largest absolute Gasteiger partial charge is 0.392 e. The lowest BCUT2D eigenvalue weighted by Crippen LogP contribution is -2.22. The summed E-state index contributed by atoms with van der Waals surface area (Å²) in [5.74, 6) is -0.125. The predicted molar refractivity (Wildman–Crippen MR) is 60.0 cm³/mol. The summed E-state index contributed by atoms with van der Waals surface area (Å²) in [5, 5.41) is 15.1. The number of carbonyl (C=O) groups excluding carboxylic acids is 1. The highest BCUT2D eigenvalue weighted by atomic mass is 16.5. The quantitative estimate of drug-likeness (QED) is 0.827. The van der Waals surface area contributed by atoms with E-state index in [2.05, 4.69) is 10.5 Å². The summed E-state index contributed by atoms with van der Waals surface area (Å²) in [6.07, 6.45) is 1.42. The van der Waals surface area contributed by atoms with Gasteiger partial charge < -0.3 is 14.9 Å². The summed E-state index contributed by atoms with van der Waals surface area (Å²) in [6.45, 7) is 0.372. The van der Waals surface area contributed by atoms with Crippen LogP contribution in [0.15, 0.2) is 41.1 Å². The molecule has 2 rings (SSSR count). The van der Waals surface area contributed by atoms with Crippen molar-refractivity contribution >= 4 is 5.91 Å². The Kier molecular flexibility index (Phi) is 3.52. The average Bonchev–Trinajstić information content (AvgIpc) is 2.90. The Bertz CT molecular complexity index is 494. The Hall–Kier alpha value is -2.14. The molecule has 1 heterocycles. The fourth-order valence-electron chi connectivity index (χ4n) is 1.44. The Morgan fingerprint density at radius 3 is 2.88 bits per heavy atom. The number of aliphatic hydroxyl groups excluding tert-OH is 1. The zero-order chi connectivity index (χ0) is 12.1. The molecular formula is C12H12N2O3. The van der Waals surface area contributed by atoms with Gasteiger partial charge in [0.2, 0.25) is 5.76 Å². The molecule has 0 radical (unpaired) electrons.